The van der Waals surface area contributed by atoms with Crippen molar-refractivity contribution in [3.63, 3.8) is 0 Å². The molecule has 2 amide bonds. The minimum atomic E-state index is -0.354. The highest BCUT2D eigenvalue weighted by molar-refractivity contribution is 5.97. The zero-order valence-corrected chi connectivity index (χ0v) is 13.7. The van der Waals surface area contributed by atoms with Crippen LogP contribution in [0.5, 0.6) is 0 Å². The molecule has 0 unspecified atom stereocenters. The molecule has 128 valence electrons. The highest BCUT2D eigenvalue weighted by Gasteiger charge is 2.48. The van der Waals surface area contributed by atoms with E-state index < -0.39 is 0 Å². The summed E-state index contributed by atoms with van der Waals surface area (Å²) in [5.74, 6) is -0.396. The van der Waals surface area contributed by atoms with E-state index >= 15 is 0 Å². The monoisotopic (exact) mass is 339 g/mol. The lowest BCUT2D eigenvalue weighted by atomic mass is 9.86. The van der Waals surface area contributed by atoms with Gasteiger partial charge < -0.3 is 9.80 Å². The number of carbonyl (C=O) groups excluding carboxylic acids is 2. The largest absolute Gasteiger partial charge is 0.338 e. The summed E-state index contributed by atoms with van der Waals surface area (Å²) in [6, 6.07) is 9.50. The first-order valence-electron chi connectivity index (χ1n) is 8.32. The molecule has 4 rings (SSSR count). The quantitative estimate of drug-likeness (QED) is 0.845. The maximum Gasteiger partial charge on any atom is 0.253 e. The number of halogens is 1. The molecule has 3 heterocycles. The summed E-state index contributed by atoms with van der Waals surface area (Å²) in [4.78, 5) is 32.5. The summed E-state index contributed by atoms with van der Waals surface area (Å²) >= 11 is 0. The maximum atomic E-state index is 13.5. The number of aromatic nitrogens is 1. The van der Waals surface area contributed by atoms with Crippen LogP contribution in [-0.4, -0.2) is 41.3 Å². The Labute approximate surface area is 145 Å². The van der Waals surface area contributed by atoms with Gasteiger partial charge in [-0.25, -0.2) is 4.39 Å². The molecule has 1 aromatic heterocycles. The van der Waals surface area contributed by atoms with Crippen molar-refractivity contribution in [1.29, 1.82) is 0 Å². The fourth-order valence-electron chi connectivity index (χ4n) is 3.83. The lowest BCUT2D eigenvalue weighted by Crippen LogP contribution is -2.34. The first kappa shape index (κ1) is 15.7. The molecule has 5 nitrogen and oxygen atoms in total. The Kier molecular flexibility index (Phi) is 3.75. The molecular formula is C19H18FN3O2. The Hall–Kier alpha value is -2.76. The van der Waals surface area contributed by atoms with Crippen LogP contribution in [0.3, 0.4) is 0 Å². The van der Waals surface area contributed by atoms with E-state index in [2.05, 4.69) is 4.98 Å². The molecule has 2 aliphatic rings. The van der Waals surface area contributed by atoms with E-state index in [1.54, 1.807) is 46.5 Å². The molecule has 1 spiro atoms. The van der Waals surface area contributed by atoms with E-state index in [9.17, 15) is 14.0 Å². The highest BCUT2D eigenvalue weighted by Crippen LogP contribution is 2.42. The minimum absolute atomic E-state index is 0.0104. The van der Waals surface area contributed by atoms with Crippen LogP contribution in [0.1, 0.15) is 23.2 Å². The second-order valence-corrected chi connectivity index (χ2v) is 6.85. The first-order chi connectivity index (χ1) is 12.1. The highest BCUT2D eigenvalue weighted by atomic mass is 19.1. The van der Waals surface area contributed by atoms with Gasteiger partial charge >= 0.3 is 0 Å². The van der Waals surface area contributed by atoms with Crippen molar-refractivity contribution in [3.8, 4) is 0 Å². The van der Waals surface area contributed by atoms with Gasteiger partial charge in [-0.3, -0.25) is 14.6 Å². The average Bonchev–Trinajstić information content (AvgIpc) is 3.18. The van der Waals surface area contributed by atoms with E-state index in [4.69, 9.17) is 0 Å². The molecule has 0 bridgehead atoms. The van der Waals surface area contributed by atoms with Crippen molar-refractivity contribution in [1.82, 2.24) is 9.88 Å². The van der Waals surface area contributed by atoms with Crippen LogP contribution in [-0.2, 0) is 4.79 Å². The Morgan fingerprint density at radius 2 is 1.96 bits per heavy atom. The normalized spacial score (nSPS) is 22.8. The van der Waals surface area contributed by atoms with Crippen LogP contribution >= 0.6 is 0 Å². The standard InChI is InChI=1S/C19H18FN3O2/c20-15-2-1-3-16(10-15)23-13-19(11-17(23)24)6-9-22(12-19)18(25)14-4-7-21-8-5-14/h1-5,7-8,10H,6,9,11-13H2/t19-/m1/s1. The number of nitrogens with zero attached hydrogens (tertiary/aromatic N) is 3. The zero-order valence-electron chi connectivity index (χ0n) is 13.7. The summed E-state index contributed by atoms with van der Waals surface area (Å²) < 4.78 is 13.5. The third-order valence-electron chi connectivity index (χ3n) is 5.09. The molecule has 0 aliphatic carbocycles. The van der Waals surface area contributed by atoms with E-state index in [-0.39, 0.29) is 23.0 Å². The second-order valence-electron chi connectivity index (χ2n) is 6.85. The van der Waals surface area contributed by atoms with E-state index in [0.29, 0.717) is 37.3 Å². The summed E-state index contributed by atoms with van der Waals surface area (Å²) in [6.45, 7) is 1.70. The molecule has 25 heavy (non-hydrogen) atoms. The van der Waals surface area contributed by atoms with Gasteiger partial charge in [0.1, 0.15) is 5.82 Å². The van der Waals surface area contributed by atoms with Crippen LogP contribution in [0.2, 0.25) is 0 Å². The zero-order chi connectivity index (χ0) is 17.4. The maximum absolute atomic E-state index is 13.5. The predicted molar refractivity (Wildman–Crippen MR) is 90.6 cm³/mol. The minimum Gasteiger partial charge on any atom is -0.338 e. The Morgan fingerprint density at radius 1 is 1.16 bits per heavy atom. The molecule has 1 atom stereocenters. The van der Waals surface area contributed by atoms with Gasteiger partial charge in [-0.15, -0.1) is 0 Å². The number of anilines is 1. The molecular weight excluding hydrogens is 321 g/mol. The van der Waals surface area contributed by atoms with Crippen molar-refractivity contribution in [3.05, 3.63) is 60.2 Å². The summed E-state index contributed by atoms with van der Waals surface area (Å²) in [5.41, 5.74) is 0.950. The summed E-state index contributed by atoms with van der Waals surface area (Å²) in [7, 11) is 0. The van der Waals surface area contributed by atoms with E-state index in [1.807, 2.05) is 0 Å². The average molecular weight is 339 g/mol. The van der Waals surface area contributed by atoms with Crippen LogP contribution < -0.4 is 4.90 Å². The number of carbonyl (C=O) groups is 2. The summed E-state index contributed by atoms with van der Waals surface area (Å²) in [6.07, 6.45) is 4.37. The van der Waals surface area contributed by atoms with Gasteiger partial charge in [-0.05, 0) is 36.8 Å². The Balaban J connectivity index is 1.51. The fourth-order valence-corrected chi connectivity index (χ4v) is 3.83. The van der Waals surface area contributed by atoms with Crippen LogP contribution in [0, 0.1) is 11.2 Å². The van der Waals surface area contributed by atoms with Gasteiger partial charge in [0.15, 0.2) is 0 Å². The predicted octanol–water partition coefficient (Wildman–Crippen LogP) is 2.49. The molecule has 2 aromatic rings. The molecule has 2 saturated heterocycles. The lowest BCUT2D eigenvalue weighted by Gasteiger charge is -2.24. The van der Waals surface area contributed by atoms with Crippen molar-refractivity contribution < 1.29 is 14.0 Å². The van der Waals surface area contributed by atoms with E-state index in [0.717, 1.165) is 6.42 Å². The third kappa shape index (κ3) is 2.88. The number of hydrogen-bond donors (Lipinski definition) is 0. The van der Waals surface area contributed by atoms with Crippen molar-refractivity contribution in [2.45, 2.75) is 12.8 Å². The van der Waals surface area contributed by atoms with Gasteiger partial charge in [0, 0.05) is 55.1 Å². The Morgan fingerprint density at radius 3 is 2.72 bits per heavy atom. The van der Waals surface area contributed by atoms with Gasteiger partial charge in [-0.2, -0.15) is 0 Å². The van der Waals surface area contributed by atoms with Crippen LogP contribution in [0.15, 0.2) is 48.8 Å². The lowest BCUT2D eigenvalue weighted by molar-refractivity contribution is -0.117. The third-order valence-corrected chi connectivity index (χ3v) is 5.09. The van der Waals surface area contributed by atoms with Gasteiger partial charge in [-0.1, -0.05) is 6.07 Å². The number of pyridine rings is 1. The first-order valence-corrected chi connectivity index (χ1v) is 8.32. The van der Waals surface area contributed by atoms with Crippen molar-refractivity contribution >= 4 is 17.5 Å². The number of rotatable bonds is 2. The topological polar surface area (TPSA) is 53.5 Å². The molecule has 2 aliphatic heterocycles. The molecule has 1 aromatic carbocycles. The SMILES string of the molecule is O=C(c1ccncc1)N1CC[C@@]2(CC(=O)N(c3cccc(F)c3)C2)C1. The second kappa shape index (κ2) is 5.95. The molecule has 0 saturated carbocycles. The van der Waals surface area contributed by atoms with Crippen LogP contribution in [0.25, 0.3) is 0 Å². The van der Waals surface area contributed by atoms with Gasteiger partial charge in [0.25, 0.3) is 5.91 Å². The number of benzene rings is 1. The number of amides is 2. The number of hydrogen-bond acceptors (Lipinski definition) is 3. The Bertz CT molecular complexity index is 826. The van der Waals surface area contributed by atoms with Crippen molar-refractivity contribution in [2.24, 2.45) is 5.41 Å². The van der Waals surface area contributed by atoms with Gasteiger partial charge in [0.05, 0.1) is 0 Å². The molecule has 6 heteroatoms. The molecule has 0 radical (unpaired) electrons. The fraction of sp³-hybridized carbons (Fsp3) is 0.316. The van der Waals surface area contributed by atoms with Crippen LogP contribution in [0.4, 0.5) is 10.1 Å². The van der Waals surface area contributed by atoms with Gasteiger partial charge in [0.2, 0.25) is 5.91 Å². The van der Waals surface area contributed by atoms with Crippen molar-refractivity contribution in [2.75, 3.05) is 24.5 Å². The number of likely N-dealkylation sites (tertiary alicyclic amines) is 1. The van der Waals surface area contributed by atoms with E-state index in [1.165, 1.54) is 12.1 Å². The molecule has 2 fully saturated rings. The summed E-state index contributed by atoms with van der Waals surface area (Å²) in [5, 5.41) is 0. The molecule has 0 N–H and O–H groups in total. The smallest absolute Gasteiger partial charge is 0.253 e.